The number of aryl methyl sites for hydroxylation is 1. The highest BCUT2D eigenvalue weighted by Crippen LogP contribution is 2.27. The molecule has 12 nitrogen and oxygen atoms in total. The molecule has 0 aromatic carbocycles. The molecule has 32 heavy (non-hydrogen) atoms. The number of carbonyl (C=O) groups excluding carboxylic acids is 2. The summed E-state index contributed by atoms with van der Waals surface area (Å²) in [4.78, 5) is 40.7. The Morgan fingerprint density at radius 1 is 1.34 bits per heavy atom. The van der Waals surface area contributed by atoms with Gasteiger partial charge in [-0.3, -0.25) is 19.1 Å². The highest BCUT2D eigenvalue weighted by Gasteiger charge is 2.33. The average molecular weight is 453 g/mol. The number of nitrogens with one attached hydrogen (secondary N) is 3. The summed E-state index contributed by atoms with van der Waals surface area (Å²) in [6, 6.07) is 4.79. The van der Waals surface area contributed by atoms with Gasteiger partial charge in [0.2, 0.25) is 17.8 Å². The minimum atomic E-state index is -0.610. The Hall–Kier alpha value is -4.00. The fourth-order valence-corrected chi connectivity index (χ4v) is 4.31. The predicted molar refractivity (Wildman–Crippen MR) is 119 cm³/mol. The average Bonchev–Trinajstić information content (AvgIpc) is 3.54. The van der Waals surface area contributed by atoms with Crippen LogP contribution in [0.4, 0.5) is 22.8 Å². The molecule has 4 aromatic heterocycles. The van der Waals surface area contributed by atoms with E-state index in [4.69, 9.17) is 5.73 Å². The number of hydrogen-bond donors (Lipinski definition) is 4. The molecule has 13 heteroatoms. The van der Waals surface area contributed by atoms with E-state index in [0.29, 0.717) is 41.5 Å². The van der Waals surface area contributed by atoms with Gasteiger partial charge in [-0.25, -0.2) is 4.98 Å². The van der Waals surface area contributed by atoms with Gasteiger partial charge < -0.3 is 21.3 Å². The van der Waals surface area contributed by atoms with Crippen molar-refractivity contribution in [3.8, 4) is 0 Å². The van der Waals surface area contributed by atoms with E-state index in [0.717, 1.165) is 11.3 Å². The monoisotopic (exact) mass is 452 g/mol. The SMILES string of the molecule is Cc1cnc(NC(=O)C2CCCN2c2nc(Nc3cc(C(N)=O)[nH]n3)n3cccc3n2)s1. The number of aromatic amines is 1. The van der Waals surface area contributed by atoms with Gasteiger partial charge in [-0.05, 0) is 31.9 Å². The Kier molecular flexibility index (Phi) is 4.93. The van der Waals surface area contributed by atoms with Crippen molar-refractivity contribution in [2.75, 3.05) is 22.1 Å². The van der Waals surface area contributed by atoms with E-state index < -0.39 is 11.9 Å². The minimum absolute atomic E-state index is 0.136. The number of nitrogens with two attached hydrogens (primary N) is 1. The number of anilines is 4. The smallest absolute Gasteiger partial charge is 0.266 e. The standard InChI is InChI=1S/C19H20N10O2S/c1-10-9-21-19(32-10)24-16(31)12-4-2-6-28(12)18-23-14-5-3-7-29(14)17(25-18)22-13-8-11(15(20)30)26-27-13/h3,5,7-9,12H,2,4,6H2,1H3,(H2,20,30)(H,21,24,31)(H2,22,23,25,26,27). The van der Waals surface area contributed by atoms with Crippen LogP contribution in [0.25, 0.3) is 5.65 Å². The van der Waals surface area contributed by atoms with E-state index in [2.05, 4.69) is 35.8 Å². The van der Waals surface area contributed by atoms with Crippen LogP contribution in [0.3, 0.4) is 0 Å². The van der Waals surface area contributed by atoms with E-state index in [1.807, 2.05) is 30.2 Å². The number of rotatable bonds is 6. The first kappa shape index (κ1) is 19.9. The topological polar surface area (TPSA) is 159 Å². The van der Waals surface area contributed by atoms with Crippen molar-refractivity contribution in [1.82, 2.24) is 29.5 Å². The van der Waals surface area contributed by atoms with Gasteiger partial charge in [0.25, 0.3) is 5.91 Å². The highest BCUT2D eigenvalue weighted by molar-refractivity contribution is 7.15. The van der Waals surface area contributed by atoms with E-state index in [1.54, 1.807) is 10.6 Å². The number of aromatic nitrogens is 6. The molecule has 0 bridgehead atoms. The van der Waals surface area contributed by atoms with Gasteiger partial charge in [-0.2, -0.15) is 15.1 Å². The Morgan fingerprint density at radius 3 is 2.97 bits per heavy atom. The number of thiazole rings is 1. The summed E-state index contributed by atoms with van der Waals surface area (Å²) < 4.78 is 1.76. The summed E-state index contributed by atoms with van der Waals surface area (Å²) in [7, 11) is 0. The molecule has 164 valence electrons. The molecule has 5 N–H and O–H groups in total. The summed E-state index contributed by atoms with van der Waals surface area (Å²) in [5.74, 6) is 0.509. The lowest BCUT2D eigenvalue weighted by atomic mass is 10.2. The second-order valence-corrected chi connectivity index (χ2v) is 8.59. The molecule has 0 aliphatic carbocycles. The maximum absolute atomic E-state index is 12.9. The van der Waals surface area contributed by atoms with Gasteiger partial charge in [0, 0.05) is 29.9 Å². The zero-order valence-electron chi connectivity index (χ0n) is 17.1. The maximum atomic E-state index is 12.9. The molecular formula is C19H20N10O2S. The summed E-state index contributed by atoms with van der Waals surface area (Å²) in [6.07, 6.45) is 5.07. The van der Waals surface area contributed by atoms with Crippen LogP contribution in [0.5, 0.6) is 0 Å². The Morgan fingerprint density at radius 2 is 2.22 bits per heavy atom. The molecule has 1 saturated heterocycles. The predicted octanol–water partition coefficient (Wildman–Crippen LogP) is 1.67. The van der Waals surface area contributed by atoms with Crippen LogP contribution in [0.2, 0.25) is 0 Å². The lowest BCUT2D eigenvalue weighted by Crippen LogP contribution is -2.40. The number of H-pyrrole nitrogens is 1. The Balaban J connectivity index is 1.44. The van der Waals surface area contributed by atoms with Gasteiger partial charge in [0.05, 0.1) is 0 Å². The number of amides is 2. The van der Waals surface area contributed by atoms with Crippen molar-refractivity contribution in [3.63, 3.8) is 0 Å². The fraction of sp³-hybridized carbons (Fsp3) is 0.263. The molecule has 1 fully saturated rings. The van der Waals surface area contributed by atoms with E-state index in [-0.39, 0.29) is 11.6 Å². The lowest BCUT2D eigenvalue weighted by molar-refractivity contribution is -0.117. The van der Waals surface area contributed by atoms with Crippen LogP contribution in [-0.4, -0.2) is 54.0 Å². The van der Waals surface area contributed by atoms with Gasteiger partial charge in [0.1, 0.15) is 17.4 Å². The van der Waals surface area contributed by atoms with Crippen LogP contribution in [0.15, 0.2) is 30.6 Å². The molecule has 5 rings (SSSR count). The molecule has 0 radical (unpaired) electrons. The number of hydrogen-bond acceptors (Lipinski definition) is 9. The second kappa shape index (κ2) is 7.92. The van der Waals surface area contributed by atoms with Crippen molar-refractivity contribution < 1.29 is 9.59 Å². The Labute approximate surface area is 185 Å². The molecule has 1 atom stereocenters. The molecule has 0 spiro atoms. The molecule has 5 heterocycles. The summed E-state index contributed by atoms with van der Waals surface area (Å²) in [5.41, 5.74) is 6.12. The zero-order valence-corrected chi connectivity index (χ0v) is 17.9. The fourth-order valence-electron chi connectivity index (χ4n) is 3.64. The first-order chi connectivity index (χ1) is 15.5. The van der Waals surface area contributed by atoms with Crippen LogP contribution in [-0.2, 0) is 4.79 Å². The van der Waals surface area contributed by atoms with Crippen LogP contribution < -0.4 is 21.3 Å². The normalized spacial score (nSPS) is 15.9. The highest BCUT2D eigenvalue weighted by atomic mass is 32.1. The summed E-state index contributed by atoms with van der Waals surface area (Å²) in [5, 5.41) is 13.2. The molecule has 1 aliphatic heterocycles. The van der Waals surface area contributed by atoms with Crippen LogP contribution in [0.1, 0.15) is 28.2 Å². The first-order valence-corrected chi connectivity index (χ1v) is 10.8. The molecule has 2 amide bonds. The van der Waals surface area contributed by atoms with Gasteiger partial charge in [-0.1, -0.05) is 0 Å². The van der Waals surface area contributed by atoms with Gasteiger partial charge in [0.15, 0.2) is 10.9 Å². The van der Waals surface area contributed by atoms with Crippen LogP contribution >= 0.6 is 11.3 Å². The number of carbonyl (C=O) groups is 2. The number of nitrogens with zero attached hydrogens (tertiary/aromatic N) is 6. The quantitative estimate of drug-likeness (QED) is 0.344. The van der Waals surface area contributed by atoms with Crippen molar-refractivity contribution in [2.24, 2.45) is 5.73 Å². The van der Waals surface area contributed by atoms with E-state index in [9.17, 15) is 9.59 Å². The van der Waals surface area contributed by atoms with E-state index >= 15 is 0 Å². The van der Waals surface area contributed by atoms with Gasteiger partial charge >= 0.3 is 0 Å². The Bertz CT molecular complexity index is 1310. The molecule has 4 aromatic rings. The first-order valence-electron chi connectivity index (χ1n) is 9.95. The lowest BCUT2D eigenvalue weighted by Gasteiger charge is -2.24. The van der Waals surface area contributed by atoms with Crippen molar-refractivity contribution in [1.29, 1.82) is 0 Å². The molecule has 0 saturated carbocycles. The van der Waals surface area contributed by atoms with Crippen molar-refractivity contribution >= 4 is 51.6 Å². The third-order valence-corrected chi connectivity index (χ3v) is 5.95. The summed E-state index contributed by atoms with van der Waals surface area (Å²) >= 11 is 1.43. The third-order valence-electron chi connectivity index (χ3n) is 5.12. The molecular weight excluding hydrogens is 432 g/mol. The third kappa shape index (κ3) is 3.73. The second-order valence-electron chi connectivity index (χ2n) is 7.36. The summed E-state index contributed by atoms with van der Waals surface area (Å²) in [6.45, 7) is 2.59. The molecule has 1 unspecified atom stereocenters. The minimum Gasteiger partial charge on any atom is -0.364 e. The number of fused-ring (bicyclic) bond motifs is 1. The van der Waals surface area contributed by atoms with Gasteiger partial charge in [-0.15, -0.1) is 11.3 Å². The van der Waals surface area contributed by atoms with Crippen LogP contribution in [0, 0.1) is 6.92 Å². The van der Waals surface area contributed by atoms with Crippen molar-refractivity contribution in [3.05, 3.63) is 41.2 Å². The molecule has 1 aliphatic rings. The zero-order chi connectivity index (χ0) is 22.2. The number of primary amides is 1. The van der Waals surface area contributed by atoms with E-state index in [1.165, 1.54) is 17.4 Å². The van der Waals surface area contributed by atoms with Crippen molar-refractivity contribution in [2.45, 2.75) is 25.8 Å². The largest absolute Gasteiger partial charge is 0.364 e. The maximum Gasteiger partial charge on any atom is 0.266 e.